The average molecular weight is 311 g/mol. The number of carboxylic acid groups (broad SMARTS) is 1. The highest BCUT2D eigenvalue weighted by molar-refractivity contribution is 7.89. The fourth-order valence-electron chi connectivity index (χ4n) is 2.66. The van der Waals surface area contributed by atoms with Crippen molar-refractivity contribution in [1.82, 2.24) is 4.31 Å². The molecular weight excluding hydrogens is 290 g/mol. The minimum atomic E-state index is -3.54. The molecule has 0 radical (unpaired) electrons. The molecule has 1 fully saturated rings. The van der Waals surface area contributed by atoms with Crippen LogP contribution >= 0.6 is 0 Å². The molecule has 0 atom stereocenters. The number of carbonyl (C=O) groups is 1. The Labute approximate surface area is 125 Å². The smallest absolute Gasteiger partial charge is 0.309 e. The van der Waals surface area contributed by atoms with Crippen molar-refractivity contribution in [3.05, 3.63) is 29.3 Å². The molecular formula is C15H21NO4S. The first-order chi connectivity index (χ1) is 9.67. The summed E-state index contributed by atoms with van der Waals surface area (Å²) in [5.41, 5.74) is 0.916. The maximum atomic E-state index is 12.7. The Morgan fingerprint density at radius 2 is 1.81 bits per heavy atom. The average Bonchev–Trinajstić information content (AvgIpc) is 2.38. The monoisotopic (exact) mass is 311 g/mol. The van der Waals surface area contributed by atoms with Gasteiger partial charge in [-0.25, -0.2) is 8.42 Å². The number of hydrogen-bond acceptors (Lipinski definition) is 3. The summed E-state index contributed by atoms with van der Waals surface area (Å²) in [7, 11) is -3.54. The zero-order chi connectivity index (χ0) is 15.8. The van der Waals surface area contributed by atoms with E-state index in [4.69, 9.17) is 0 Å². The molecule has 0 aromatic heterocycles. The summed E-state index contributed by atoms with van der Waals surface area (Å²) in [6.07, 6.45) is 0.680. The summed E-state index contributed by atoms with van der Waals surface area (Å²) >= 11 is 0. The van der Waals surface area contributed by atoms with E-state index in [0.717, 1.165) is 11.1 Å². The van der Waals surface area contributed by atoms with Crippen LogP contribution in [-0.4, -0.2) is 36.9 Å². The van der Waals surface area contributed by atoms with Crippen molar-refractivity contribution in [3.8, 4) is 0 Å². The molecule has 6 heteroatoms. The minimum Gasteiger partial charge on any atom is -0.481 e. The Kier molecular flexibility index (Phi) is 4.13. The van der Waals surface area contributed by atoms with E-state index in [1.165, 1.54) is 4.31 Å². The quantitative estimate of drug-likeness (QED) is 0.928. The van der Waals surface area contributed by atoms with Gasteiger partial charge in [-0.05, 0) is 45.2 Å². The molecule has 0 saturated carbocycles. The van der Waals surface area contributed by atoms with Crippen molar-refractivity contribution < 1.29 is 18.3 Å². The summed E-state index contributed by atoms with van der Waals surface area (Å²) in [5.74, 6) is -0.855. The highest BCUT2D eigenvalue weighted by atomic mass is 32.2. The predicted molar refractivity (Wildman–Crippen MR) is 79.7 cm³/mol. The van der Waals surface area contributed by atoms with Gasteiger partial charge in [-0.2, -0.15) is 4.31 Å². The normalized spacial score (nSPS) is 19.4. The van der Waals surface area contributed by atoms with Crippen LogP contribution in [0.2, 0.25) is 0 Å². The molecule has 0 bridgehead atoms. The van der Waals surface area contributed by atoms with E-state index in [2.05, 4.69) is 0 Å². The van der Waals surface area contributed by atoms with E-state index < -0.39 is 21.4 Å². The predicted octanol–water partition coefficient (Wildman–Crippen LogP) is 2.18. The molecule has 0 spiro atoms. The van der Waals surface area contributed by atoms with Crippen molar-refractivity contribution in [3.63, 3.8) is 0 Å². The van der Waals surface area contributed by atoms with Crippen LogP contribution in [0.4, 0.5) is 0 Å². The van der Waals surface area contributed by atoms with E-state index >= 15 is 0 Å². The zero-order valence-corrected chi connectivity index (χ0v) is 13.4. The third kappa shape index (κ3) is 2.96. The molecule has 1 aliphatic rings. The van der Waals surface area contributed by atoms with Crippen LogP contribution in [0.25, 0.3) is 0 Å². The lowest BCUT2D eigenvalue weighted by Gasteiger charge is -2.35. The molecule has 1 aromatic rings. The van der Waals surface area contributed by atoms with Gasteiger partial charge in [0, 0.05) is 13.1 Å². The van der Waals surface area contributed by atoms with E-state index in [9.17, 15) is 18.3 Å². The van der Waals surface area contributed by atoms with Crippen LogP contribution in [0, 0.1) is 19.3 Å². The van der Waals surface area contributed by atoms with Crippen LogP contribution in [0.1, 0.15) is 30.9 Å². The standard InChI is InChI=1S/C15H21NO4S/c1-11-4-5-13(12(2)10-11)21(19,20)16-8-6-15(3,7-9-16)14(17)18/h4-5,10H,6-9H2,1-3H3,(H,17,18). The third-order valence-corrected chi connectivity index (χ3v) is 6.35. The summed E-state index contributed by atoms with van der Waals surface area (Å²) in [6, 6.07) is 5.26. The number of carboxylic acids is 1. The van der Waals surface area contributed by atoms with Gasteiger partial charge in [0.25, 0.3) is 0 Å². The molecule has 0 amide bonds. The van der Waals surface area contributed by atoms with Crippen molar-refractivity contribution >= 4 is 16.0 Å². The first-order valence-corrected chi connectivity index (χ1v) is 8.42. The van der Waals surface area contributed by atoms with E-state index in [0.29, 0.717) is 17.7 Å². The maximum Gasteiger partial charge on any atom is 0.309 e. The molecule has 116 valence electrons. The lowest BCUT2D eigenvalue weighted by molar-refractivity contribution is -0.150. The highest BCUT2D eigenvalue weighted by Crippen LogP contribution is 2.34. The summed E-state index contributed by atoms with van der Waals surface area (Å²) in [4.78, 5) is 11.5. The first-order valence-electron chi connectivity index (χ1n) is 6.98. The van der Waals surface area contributed by atoms with Crippen LogP contribution < -0.4 is 0 Å². The molecule has 1 N–H and O–H groups in total. The number of rotatable bonds is 3. The minimum absolute atomic E-state index is 0.248. The molecule has 0 unspecified atom stereocenters. The first kappa shape index (κ1) is 16.0. The second-order valence-electron chi connectivity index (χ2n) is 6.04. The third-order valence-electron chi connectivity index (χ3n) is 4.29. The number of piperidine rings is 1. The maximum absolute atomic E-state index is 12.7. The van der Waals surface area contributed by atoms with Crippen LogP contribution in [-0.2, 0) is 14.8 Å². The van der Waals surface area contributed by atoms with Gasteiger partial charge in [-0.15, -0.1) is 0 Å². The molecule has 5 nitrogen and oxygen atoms in total. The molecule has 1 aliphatic heterocycles. The molecule has 0 aliphatic carbocycles. The number of nitrogens with zero attached hydrogens (tertiary/aromatic N) is 1. The van der Waals surface area contributed by atoms with E-state index in [1.807, 2.05) is 13.0 Å². The Bertz CT molecular complexity index is 658. The fraction of sp³-hybridized carbons (Fsp3) is 0.533. The Morgan fingerprint density at radius 1 is 1.24 bits per heavy atom. The van der Waals surface area contributed by atoms with Crippen molar-refractivity contribution in [2.24, 2.45) is 5.41 Å². The summed E-state index contributed by atoms with van der Waals surface area (Å²) in [6.45, 7) is 5.88. The number of aliphatic carboxylic acids is 1. The number of aryl methyl sites for hydroxylation is 2. The largest absolute Gasteiger partial charge is 0.481 e. The number of hydrogen-bond donors (Lipinski definition) is 1. The summed E-state index contributed by atoms with van der Waals surface area (Å²) < 4.78 is 26.8. The van der Waals surface area contributed by atoms with Crippen molar-refractivity contribution in [2.75, 3.05) is 13.1 Å². The van der Waals surface area contributed by atoms with Gasteiger partial charge in [0.05, 0.1) is 10.3 Å². The molecule has 1 saturated heterocycles. The molecule has 2 rings (SSSR count). The van der Waals surface area contributed by atoms with Gasteiger partial charge in [0.1, 0.15) is 0 Å². The van der Waals surface area contributed by atoms with Crippen LogP contribution in [0.3, 0.4) is 0 Å². The number of benzene rings is 1. The zero-order valence-electron chi connectivity index (χ0n) is 12.6. The lowest BCUT2D eigenvalue weighted by Crippen LogP contribution is -2.45. The topological polar surface area (TPSA) is 74.7 Å². The van der Waals surface area contributed by atoms with Gasteiger partial charge in [-0.3, -0.25) is 4.79 Å². The van der Waals surface area contributed by atoms with Crippen LogP contribution in [0.15, 0.2) is 23.1 Å². The van der Waals surface area contributed by atoms with Gasteiger partial charge < -0.3 is 5.11 Å². The van der Waals surface area contributed by atoms with E-state index in [1.54, 1.807) is 26.0 Å². The molecule has 21 heavy (non-hydrogen) atoms. The van der Waals surface area contributed by atoms with Gasteiger partial charge in [0.2, 0.25) is 10.0 Å². The lowest BCUT2D eigenvalue weighted by atomic mass is 9.81. The Morgan fingerprint density at radius 3 is 2.29 bits per heavy atom. The van der Waals surface area contributed by atoms with Crippen molar-refractivity contribution in [2.45, 2.75) is 38.5 Å². The van der Waals surface area contributed by atoms with Crippen LogP contribution in [0.5, 0.6) is 0 Å². The number of sulfonamides is 1. The van der Waals surface area contributed by atoms with Gasteiger partial charge in [-0.1, -0.05) is 17.7 Å². The SMILES string of the molecule is Cc1ccc(S(=O)(=O)N2CCC(C)(C(=O)O)CC2)c(C)c1. The highest BCUT2D eigenvalue weighted by Gasteiger charge is 2.40. The second-order valence-corrected chi connectivity index (χ2v) is 7.95. The summed E-state index contributed by atoms with van der Waals surface area (Å²) in [5, 5.41) is 9.21. The van der Waals surface area contributed by atoms with E-state index in [-0.39, 0.29) is 13.1 Å². The molecule has 1 heterocycles. The fourth-order valence-corrected chi connectivity index (χ4v) is 4.31. The Balaban J connectivity index is 2.25. The second kappa shape index (κ2) is 5.42. The Hall–Kier alpha value is -1.40. The van der Waals surface area contributed by atoms with Gasteiger partial charge >= 0.3 is 5.97 Å². The molecule has 1 aromatic carbocycles. The van der Waals surface area contributed by atoms with Gasteiger partial charge in [0.15, 0.2) is 0 Å². The van der Waals surface area contributed by atoms with Crippen molar-refractivity contribution in [1.29, 1.82) is 0 Å².